The second-order valence-electron chi connectivity index (χ2n) is 13.9. The molecule has 0 aromatic heterocycles. The smallest absolute Gasteiger partial charge is 0.408 e. The van der Waals surface area contributed by atoms with Gasteiger partial charge in [-0.1, -0.05) is 51.4 Å². The molecule has 0 aliphatic carbocycles. The number of urea groups is 1. The summed E-state index contributed by atoms with van der Waals surface area (Å²) in [6, 6.07) is 4.71. The first-order valence-corrected chi connectivity index (χ1v) is 15.0. The van der Waals surface area contributed by atoms with E-state index in [0.29, 0.717) is 18.0 Å². The maximum atomic E-state index is 13.6. The Hall–Kier alpha value is -3.05. The molecule has 4 amide bonds. The standard InChI is InChI=1S/C31H49ClN4O7/c1-19(2)23(24(37)36-16-15-31(41,29(7,8)18-36)21-11-13-22(32)14-12-21)35-26(39)33-17-30(9,10)42-25(38)20(3)34-27(40)43-28(4,5)6/h11-14,19-20,23,41H,15-18H2,1-10H3,(H,34,40)(H2,33,35,39). The summed E-state index contributed by atoms with van der Waals surface area (Å²) in [5.41, 5.74) is -2.93. The molecule has 0 saturated carbocycles. The number of hydrogen-bond acceptors (Lipinski definition) is 7. The molecule has 3 atom stereocenters. The van der Waals surface area contributed by atoms with Gasteiger partial charge in [0, 0.05) is 23.5 Å². The summed E-state index contributed by atoms with van der Waals surface area (Å²) in [6.45, 7) is 17.9. The maximum absolute atomic E-state index is 13.6. The van der Waals surface area contributed by atoms with Crippen LogP contribution >= 0.6 is 11.6 Å². The van der Waals surface area contributed by atoms with E-state index in [1.165, 1.54) is 6.92 Å². The third-order valence-electron chi connectivity index (χ3n) is 7.44. The monoisotopic (exact) mass is 624 g/mol. The van der Waals surface area contributed by atoms with Crippen LogP contribution in [-0.2, 0) is 24.7 Å². The highest BCUT2D eigenvalue weighted by Gasteiger charge is 2.50. The SMILES string of the molecule is CC(NC(=O)OC(C)(C)C)C(=O)OC(C)(C)CNC(=O)NC(C(=O)N1CCC(O)(c2ccc(Cl)cc2)C(C)(C)C1)C(C)C. The Kier molecular flexibility index (Phi) is 11.5. The Labute approximate surface area is 260 Å². The Morgan fingerprint density at radius 1 is 1.00 bits per heavy atom. The van der Waals surface area contributed by atoms with Crippen LogP contribution in [0.1, 0.15) is 81.2 Å². The van der Waals surface area contributed by atoms with Crippen LogP contribution in [0.3, 0.4) is 0 Å². The molecule has 1 aliphatic heterocycles. The van der Waals surface area contributed by atoms with Gasteiger partial charge in [0.1, 0.15) is 23.3 Å². The van der Waals surface area contributed by atoms with E-state index in [-0.39, 0.29) is 24.9 Å². The zero-order valence-corrected chi connectivity index (χ0v) is 27.8. The fourth-order valence-electron chi connectivity index (χ4n) is 4.91. The topological polar surface area (TPSA) is 146 Å². The average Bonchev–Trinajstić information content (AvgIpc) is 2.86. The van der Waals surface area contributed by atoms with Crippen molar-refractivity contribution >= 4 is 35.6 Å². The predicted octanol–water partition coefficient (Wildman–Crippen LogP) is 4.34. The van der Waals surface area contributed by atoms with Crippen molar-refractivity contribution in [2.24, 2.45) is 11.3 Å². The Morgan fingerprint density at radius 2 is 1.58 bits per heavy atom. The third-order valence-corrected chi connectivity index (χ3v) is 7.69. The molecule has 0 bridgehead atoms. The summed E-state index contributed by atoms with van der Waals surface area (Å²) >= 11 is 6.04. The normalized spacial score (nSPS) is 20.1. The van der Waals surface area contributed by atoms with Gasteiger partial charge < -0.3 is 35.4 Å². The highest BCUT2D eigenvalue weighted by molar-refractivity contribution is 6.30. The minimum atomic E-state index is -1.16. The van der Waals surface area contributed by atoms with E-state index < -0.39 is 52.4 Å². The predicted molar refractivity (Wildman–Crippen MR) is 164 cm³/mol. The van der Waals surface area contributed by atoms with E-state index >= 15 is 0 Å². The summed E-state index contributed by atoms with van der Waals surface area (Å²) in [6.07, 6.45) is -0.422. The summed E-state index contributed by atoms with van der Waals surface area (Å²) in [5.74, 6) is -1.16. The van der Waals surface area contributed by atoms with Gasteiger partial charge in [-0.15, -0.1) is 0 Å². The number of carbonyl (C=O) groups excluding carboxylic acids is 4. The Morgan fingerprint density at radius 3 is 2.09 bits per heavy atom. The molecule has 11 nitrogen and oxygen atoms in total. The van der Waals surface area contributed by atoms with Crippen LogP contribution in [0.5, 0.6) is 0 Å². The molecule has 1 aromatic rings. The summed E-state index contributed by atoms with van der Waals surface area (Å²) in [7, 11) is 0. The molecule has 0 spiro atoms. The average molecular weight is 625 g/mol. The first-order valence-electron chi connectivity index (χ1n) is 14.6. The third kappa shape index (κ3) is 9.99. The number of alkyl carbamates (subject to hydrolysis) is 1. The highest BCUT2D eigenvalue weighted by Crippen LogP contribution is 2.46. The second kappa shape index (κ2) is 13.7. The van der Waals surface area contributed by atoms with Gasteiger partial charge in [-0.05, 0) is 71.6 Å². The molecule has 1 heterocycles. The van der Waals surface area contributed by atoms with Gasteiger partial charge in [-0.25, -0.2) is 14.4 Å². The fourth-order valence-corrected chi connectivity index (χ4v) is 5.03. The molecule has 1 aliphatic rings. The number of amides is 4. The van der Waals surface area contributed by atoms with E-state index in [4.69, 9.17) is 21.1 Å². The first kappa shape index (κ1) is 36.1. The number of carbonyl (C=O) groups is 4. The summed E-state index contributed by atoms with van der Waals surface area (Å²) in [5, 5.41) is 20.1. The van der Waals surface area contributed by atoms with E-state index in [0.717, 1.165) is 5.56 Å². The lowest BCUT2D eigenvalue weighted by Crippen LogP contribution is -2.61. The minimum Gasteiger partial charge on any atom is -0.456 e. The number of esters is 1. The van der Waals surface area contributed by atoms with Crippen LogP contribution in [-0.4, -0.2) is 76.9 Å². The first-order chi connectivity index (χ1) is 19.6. The van der Waals surface area contributed by atoms with Gasteiger partial charge in [0.15, 0.2) is 0 Å². The van der Waals surface area contributed by atoms with Gasteiger partial charge in [0.25, 0.3) is 0 Å². The number of aliphatic hydroxyl groups is 1. The number of nitrogens with one attached hydrogen (secondary N) is 3. The lowest BCUT2D eigenvalue weighted by Gasteiger charge is -2.51. The van der Waals surface area contributed by atoms with Crippen LogP contribution in [0.4, 0.5) is 9.59 Å². The molecule has 4 N–H and O–H groups in total. The van der Waals surface area contributed by atoms with Gasteiger partial charge in [0.05, 0.1) is 12.1 Å². The number of nitrogens with zero attached hydrogens (tertiary/aromatic N) is 1. The van der Waals surface area contributed by atoms with Crippen LogP contribution in [0.15, 0.2) is 24.3 Å². The van der Waals surface area contributed by atoms with E-state index in [1.54, 1.807) is 63.8 Å². The quantitative estimate of drug-likeness (QED) is 0.299. The largest absolute Gasteiger partial charge is 0.456 e. The van der Waals surface area contributed by atoms with Crippen LogP contribution in [0.2, 0.25) is 5.02 Å². The van der Waals surface area contributed by atoms with Crippen molar-refractivity contribution in [2.45, 2.75) is 105 Å². The number of likely N-dealkylation sites (tertiary alicyclic amines) is 1. The van der Waals surface area contributed by atoms with Gasteiger partial charge in [-0.2, -0.15) is 0 Å². The lowest BCUT2D eigenvalue weighted by molar-refractivity contribution is -0.158. The molecule has 0 radical (unpaired) electrons. The molecular formula is C31H49ClN4O7. The van der Waals surface area contributed by atoms with Gasteiger partial charge in [-0.3, -0.25) is 4.79 Å². The number of piperidine rings is 1. The molecule has 43 heavy (non-hydrogen) atoms. The van der Waals surface area contributed by atoms with Crippen molar-refractivity contribution in [2.75, 3.05) is 19.6 Å². The molecule has 12 heteroatoms. The van der Waals surface area contributed by atoms with Gasteiger partial charge >= 0.3 is 18.1 Å². The Bertz CT molecular complexity index is 1160. The molecule has 1 fully saturated rings. The lowest BCUT2D eigenvalue weighted by atomic mass is 9.66. The highest BCUT2D eigenvalue weighted by atomic mass is 35.5. The van der Waals surface area contributed by atoms with Crippen molar-refractivity contribution in [1.29, 1.82) is 0 Å². The van der Waals surface area contributed by atoms with E-state index in [2.05, 4.69) is 16.0 Å². The number of ether oxygens (including phenoxy) is 2. The fraction of sp³-hybridized carbons (Fsp3) is 0.677. The maximum Gasteiger partial charge on any atom is 0.408 e. The van der Waals surface area contributed by atoms with Crippen LogP contribution in [0, 0.1) is 11.3 Å². The number of hydrogen-bond donors (Lipinski definition) is 4. The Balaban J connectivity index is 1.97. The second-order valence-corrected chi connectivity index (χ2v) is 14.3. The van der Waals surface area contributed by atoms with Crippen molar-refractivity contribution < 1.29 is 33.8 Å². The summed E-state index contributed by atoms with van der Waals surface area (Å²) in [4.78, 5) is 52.7. The molecule has 1 saturated heterocycles. The zero-order chi connectivity index (χ0) is 33.0. The van der Waals surface area contributed by atoms with Crippen molar-refractivity contribution in [3.63, 3.8) is 0 Å². The molecular weight excluding hydrogens is 576 g/mol. The molecule has 2 rings (SSSR count). The molecule has 3 unspecified atom stereocenters. The molecule has 1 aromatic carbocycles. The van der Waals surface area contributed by atoms with E-state index in [9.17, 15) is 24.3 Å². The molecule has 242 valence electrons. The van der Waals surface area contributed by atoms with Crippen LogP contribution < -0.4 is 16.0 Å². The number of rotatable bonds is 9. The number of benzene rings is 1. The van der Waals surface area contributed by atoms with Crippen molar-refractivity contribution in [3.8, 4) is 0 Å². The van der Waals surface area contributed by atoms with Crippen molar-refractivity contribution in [1.82, 2.24) is 20.9 Å². The minimum absolute atomic E-state index is 0.0480. The van der Waals surface area contributed by atoms with Crippen LogP contribution in [0.25, 0.3) is 0 Å². The summed E-state index contributed by atoms with van der Waals surface area (Å²) < 4.78 is 10.7. The van der Waals surface area contributed by atoms with Crippen molar-refractivity contribution in [3.05, 3.63) is 34.9 Å². The number of halogens is 1. The zero-order valence-electron chi connectivity index (χ0n) is 27.1. The van der Waals surface area contributed by atoms with E-state index in [1.807, 2.05) is 27.7 Å². The van der Waals surface area contributed by atoms with Gasteiger partial charge in [0.2, 0.25) is 5.91 Å².